The van der Waals surface area contributed by atoms with Crippen molar-refractivity contribution in [2.24, 2.45) is 0 Å². The highest BCUT2D eigenvalue weighted by atomic mass is 16.3. The van der Waals surface area contributed by atoms with Crippen LogP contribution in [0.3, 0.4) is 0 Å². The minimum atomic E-state index is -1.08. The number of aliphatic hydroxyl groups excluding tert-OH is 1. The summed E-state index contributed by atoms with van der Waals surface area (Å²) >= 11 is 0. The Bertz CT molecular complexity index is 827. The average molecular weight is 360 g/mol. The minimum Gasteiger partial charge on any atom is -0.380 e. The molecule has 3 aromatic rings. The zero-order valence-electron chi connectivity index (χ0n) is 15.4. The highest BCUT2D eigenvalue weighted by molar-refractivity contribution is 5.99. The summed E-state index contributed by atoms with van der Waals surface area (Å²) < 4.78 is 0. The lowest BCUT2D eigenvalue weighted by molar-refractivity contribution is 0.0747. The van der Waals surface area contributed by atoms with Crippen molar-refractivity contribution in [1.82, 2.24) is 0 Å². The summed E-state index contributed by atoms with van der Waals surface area (Å²) in [7, 11) is 0. The minimum absolute atomic E-state index is 0.244. The smallest absolute Gasteiger partial charge is 0.195 e. The molecule has 0 saturated heterocycles. The molecule has 0 aliphatic carbocycles. The van der Waals surface area contributed by atoms with E-state index in [1.54, 1.807) is 48.5 Å². The van der Waals surface area contributed by atoms with Crippen molar-refractivity contribution in [2.75, 3.05) is 0 Å². The molecule has 138 valence electrons. The molecular formula is C24H24O3. The molecule has 0 spiro atoms. The second-order valence-electron chi connectivity index (χ2n) is 6.08. The molecule has 1 unspecified atom stereocenters. The van der Waals surface area contributed by atoms with Gasteiger partial charge in [-0.25, -0.2) is 0 Å². The van der Waals surface area contributed by atoms with Gasteiger partial charge in [0.2, 0.25) is 0 Å². The topological polar surface area (TPSA) is 54.4 Å². The van der Waals surface area contributed by atoms with Crippen molar-refractivity contribution in [3.05, 3.63) is 108 Å². The van der Waals surface area contributed by atoms with E-state index in [1.165, 1.54) is 0 Å². The van der Waals surface area contributed by atoms with Crippen LogP contribution in [-0.2, 0) is 0 Å². The van der Waals surface area contributed by atoms with Crippen LogP contribution in [0.2, 0.25) is 0 Å². The van der Waals surface area contributed by atoms with Gasteiger partial charge in [-0.2, -0.15) is 0 Å². The third kappa shape index (κ3) is 6.32. The van der Waals surface area contributed by atoms with E-state index in [0.29, 0.717) is 17.5 Å². The van der Waals surface area contributed by atoms with Gasteiger partial charge < -0.3 is 5.11 Å². The van der Waals surface area contributed by atoms with Crippen molar-refractivity contribution in [3.8, 4) is 0 Å². The van der Waals surface area contributed by atoms with Crippen molar-refractivity contribution in [3.63, 3.8) is 0 Å². The number of carbonyl (C=O) groups is 2. The van der Waals surface area contributed by atoms with Gasteiger partial charge >= 0.3 is 0 Å². The number of ketones is 2. The van der Waals surface area contributed by atoms with E-state index in [-0.39, 0.29) is 11.6 Å². The van der Waals surface area contributed by atoms with Crippen LogP contribution < -0.4 is 0 Å². The number of rotatable bonds is 6. The first-order valence-electron chi connectivity index (χ1n) is 9.04. The van der Waals surface area contributed by atoms with Crippen molar-refractivity contribution in [2.45, 2.75) is 25.9 Å². The van der Waals surface area contributed by atoms with Gasteiger partial charge in [0.1, 0.15) is 6.10 Å². The van der Waals surface area contributed by atoms with E-state index < -0.39 is 6.10 Å². The third-order valence-electron chi connectivity index (χ3n) is 3.99. The molecule has 3 rings (SSSR count). The molecule has 27 heavy (non-hydrogen) atoms. The Morgan fingerprint density at radius 3 is 1.67 bits per heavy atom. The van der Waals surface area contributed by atoms with E-state index in [9.17, 15) is 14.7 Å². The Morgan fingerprint density at radius 1 is 0.741 bits per heavy atom. The molecule has 3 heteroatoms. The fourth-order valence-corrected chi connectivity index (χ4v) is 2.54. The molecule has 3 aromatic carbocycles. The number of hydrogen-bond donors (Lipinski definition) is 1. The largest absolute Gasteiger partial charge is 0.380 e. The van der Waals surface area contributed by atoms with Crippen LogP contribution >= 0.6 is 0 Å². The molecule has 1 atom stereocenters. The fraction of sp³-hybridized carbons (Fsp3) is 0.167. The molecule has 0 bridgehead atoms. The normalized spacial score (nSPS) is 11.0. The van der Waals surface area contributed by atoms with E-state index >= 15 is 0 Å². The highest BCUT2D eigenvalue weighted by Crippen LogP contribution is 2.17. The lowest BCUT2D eigenvalue weighted by atomic mass is 10.0. The van der Waals surface area contributed by atoms with Gasteiger partial charge in [0, 0.05) is 17.5 Å². The van der Waals surface area contributed by atoms with Crippen LogP contribution in [0.5, 0.6) is 0 Å². The number of benzene rings is 3. The second-order valence-corrected chi connectivity index (χ2v) is 6.08. The van der Waals surface area contributed by atoms with Gasteiger partial charge in [0.15, 0.2) is 11.6 Å². The lowest BCUT2D eigenvalue weighted by Gasteiger charge is -2.09. The van der Waals surface area contributed by atoms with Crippen LogP contribution in [-0.4, -0.2) is 16.7 Å². The fourth-order valence-electron chi connectivity index (χ4n) is 2.54. The second kappa shape index (κ2) is 10.8. The summed E-state index contributed by atoms with van der Waals surface area (Å²) in [4.78, 5) is 23.1. The molecule has 0 amide bonds. The first kappa shape index (κ1) is 20.3. The summed E-state index contributed by atoms with van der Waals surface area (Å²) in [5.41, 5.74) is 1.98. The molecule has 0 heterocycles. The standard InChI is InChI=1S/C14H12O2.C10H12O/c15-13(11-7-3-1-4-8-11)14(16)12-9-5-2-6-10-12;1-2-6-10(11)9-7-4-3-5-8-9/h1-10,13,15H;3-5,7-8H,2,6H2,1H3. The Balaban J connectivity index is 0.000000208. The van der Waals surface area contributed by atoms with E-state index in [2.05, 4.69) is 0 Å². The van der Waals surface area contributed by atoms with Gasteiger partial charge in [-0.3, -0.25) is 9.59 Å². The first-order valence-corrected chi connectivity index (χ1v) is 9.04. The Morgan fingerprint density at radius 2 is 1.19 bits per heavy atom. The number of hydrogen-bond acceptors (Lipinski definition) is 3. The summed E-state index contributed by atoms with van der Waals surface area (Å²) in [6, 6.07) is 27.2. The molecule has 1 N–H and O–H groups in total. The van der Waals surface area contributed by atoms with Gasteiger partial charge in [-0.1, -0.05) is 97.9 Å². The third-order valence-corrected chi connectivity index (χ3v) is 3.99. The van der Waals surface area contributed by atoms with Crippen LogP contribution in [0.4, 0.5) is 0 Å². The van der Waals surface area contributed by atoms with Crippen LogP contribution in [0, 0.1) is 0 Å². The average Bonchev–Trinajstić information content (AvgIpc) is 2.75. The Hall–Kier alpha value is -3.04. The van der Waals surface area contributed by atoms with E-state index in [4.69, 9.17) is 0 Å². The summed E-state index contributed by atoms with van der Waals surface area (Å²) in [6.07, 6.45) is 0.501. The zero-order valence-corrected chi connectivity index (χ0v) is 15.4. The van der Waals surface area contributed by atoms with Gasteiger partial charge in [0.25, 0.3) is 0 Å². The molecule has 3 nitrogen and oxygen atoms in total. The number of Topliss-reactive ketones (excluding diaryl/α,β-unsaturated/α-hetero) is 2. The SMILES string of the molecule is CCCC(=O)c1ccccc1.O=C(c1ccccc1)C(O)c1ccccc1. The van der Waals surface area contributed by atoms with Gasteiger partial charge in [0.05, 0.1) is 0 Å². The van der Waals surface area contributed by atoms with Crippen LogP contribution in [0.15, 0.2) is 91.0 Å². The summed E-state index contributed by atoms with van der Waals surface area (Å²) in [6.45, 7) is 2.01. The monoisotopic (exact) mass is 360 g/mol. The molecule has 0 aromatic heterocycles. The van der Waals surface area contributed by atoms with E-state index in [0.717, 1.165) is 12.0 Å². The van der Waals surface area contributed by atoms with E-state index in [1.807, 2.05) is 49.4 Å². The molecule has 0 aliphatic heterocycles. The molecule has 0 aliphatic rings. The number of aliphatic hydroxyl groups is 1. The van der Waals surface area contributed by atoms with Crippen molar-refractivity contribution in [1.29, 1.82) is 0 Å². The predicted octanol–water partition coefficient (Wildman–Crippen LogP) is 5.27. The summed E-state index contributed by atoms with van der Waals surface area (Å²) in [5.74, 6) is -0.0279. The number of carbonyl (C=O) groups excluding carboxylic acids is 2. The van der Waals surface area contributed by atoms with Crippen LogP contribution in [0.25, 0.3) is 0 Å². The maximum Gasteiger partial charge on any atom is 0.195 e. The molecule has 0 fully saturated rings. The molecular weight excluding hydrogens is 336 g/mol. The maximum atomic E-state index is 11.9. The zero-order chi connectivity index (χ0) is 19.5. The quantitative estimate of drug-likeness (QED) is 0.609. The lowest BCUT2D eigenvalue weighted by Crippen LogP contribution is -2.11. The highest BCUT2D eigenvalue weighted by Gasteiger charge is 2.18. The Labute approximate surface area is 160 Å². The molecule has 0 radical (unpaired) electrons. The van der Waals surface area contributed by atoms with Crippen LogP contribution in [0.1, 0.15) is 52.1 Å². The summed E-state index contributed by atoms with van der Waals surface area (Å²) in [5, 5.41) is 9.89. The maximum absolute atomic E-state index is 11.9. The van der Waals surface area contributed by atoms with Crippen molar-refractivity contribution < 1.29 is 14.7 Å². The van der Waals surface area contributed by atoms with Crippen molar-refractivity contribution >= 4 is 11.6 Å². The van der Waals surface area contributed by atoms with Gasteiger partial charge in [-0.05, 0) is 12.0 Å². The van der Waals surface area contributed by atoms with Gasteiger partial charge in [-0.15, -0.1) is 0 Å². The first-order chi connectivity index (χ1) is 13.1. The molecule has 0 saturated carbocycles. The Kier molecular flexibility index (Phi) is 8.14. The predicted molar refractivity (Wildman–Crippen MR) is 108 cm³/mol.